The fourth-order valence-electron chi connectivity index (χ4n) is 5.53. The molecule has 4 nitrogen and oxygen atoms in total. The minimum absolute atomic E-state index is 0.115. The molecule has 1 aromatic rings. The van der Waals surface area contributed by atoms with E-state index >= 15 is 0 Å². The van der Waals surface area contributed by atoms with E-state index in [0.29, 0.717) is 30.5 Å². The van der Waals surface area contributed by atoms with Gasteiger partial charge in [-0.05, 0) is 63.5 Å². The smallest absolute Gasteiger partial charge is 0.407 e. The van der Waals surface area contributed by atoms with Crippen LogP contribution in [0.5, 0.6) is 0 Å². The molecule has 1 aromatic carbocycles. The third-order valence-corrected chi connectivity index (χ3v) is 6.89. The van der Waals surface area contributed by atoms with Gasteiger partial charge in [-0.25, -0.2) is 4.79 Å². The first-order valence-corrected chi connectivity index (χ1v) is 10.5. The summed E-state index contributed by atoms with van der Waals surface area (Å²) in [6.07, 6.45) is 8.06. The van der Waals surface area contributed by atoms with Crippen LogP contribution in [0.2, 0.25) is 0 Å². The molecule has 1 N–H and O–H groups in total. The number of carbonyl (C=O) groups excluding carboxylic acids is 1. The largest absolute Gasteiger partial charge is 0.446 e. The Bertz CT molecular complexity index is 605. The molecule has 2 bridgehead atoms. The number of ether oxygens (including phenoxy) is 1. The van der Waals surface area contributed by atoms with E-state index in [9.17, 15) is 4.79 Å². The molecule has 5 atom stereocenters. The zero-order chi connectivity index (χ0) is 17.9. The summed E-state index contributed by atoms with van der Waals surface area (Å²) >= 11 is 0. The number of alkyl carbamates (subject to hydrolysis) is 1. The minimum Gasteiger partial charge on any atom is -0.446 e. The number of nitrogens with zero attached hydrogens (tertiary/aromatic N) is 1. The number of amides is 1. The highest BCUT2D eigenvalue weighted by atomic mass is 16.6. The van der Waals surface area contributed by atoms with Crippen LogP contribution in [0.25, 0.3) is 0 Å². The van der Waals surface area contributed by atoms with Crippen molar-refractivity contribution < 1.29 is 9.53 Å². The summed E-state index contributed by atoms with van der Waals surface area (Å²) in [7, 11) is 0. The first kappa shape index (κ1) is 17.8. The quantitative estimate of drug-likeness (QED) is 0.811. The number of hydrogen-bond donors (Lipinski definition) is 1. The molecule has 142 valence electrons. The Labute approximate surface area is 157 Å². The molecule has 2 heterocycles. The summed E-state index contributed by atoms with van der Waals surface area (Å²) in [5, 5.41) is 2.97. The van der Waals surface area contributed by atoms with Crippen LogP contribution in [0.3, 0.4) is 0 Å². The molecule has 4 heteroatoms. The fourth-order valence-corrected chi connectivity index (χ4v) is 5.53. The van der Waals surface area contributed by atoms with Gasteiger partial charge in [0.2, 0.25) is 0 Å². The maximum absolute atomic E-state index is 12.3. The molecule has 1 saturated carbocycles. The molecule has 3 aliphatic rings. The van der Waals surface area contributed by atoms with E-state index in [2.05, 4.69) is 41.4 Å². The topological polar surface area (TPSA) is 41.6 Å². The van der Waals surface area contributed by atoms with Gasteiger partial charge < -0.3 is 10.1 Å². The van der Waals surface area contributed by atoms with Crippen LogP contribution in [0.1, 0.15) is 51.0 Å². The molecular formula is C22H32N2O2. The van der Waals surface area contributed by atoms with Crippen molar-refractivity contribution in [2.75, 3.05) is 13.1 Å². The number of benzene rings is 1. The Hall–Kier alpha value is -1.55. The van der Waals surface area contributed by atoms with Gasteiger partial charge in [0.15, 0.2) is 0 Å². The molecule has 0 spiro atoms. The highest BCUT2D eigenvalue weighted by Gasteiger charge is 2.51. The second kappa shape index (κ2) is 7.99. The molecule has 2 aliphatic heterocycles. The second-order valence-electron chi connectivity index (χ2n) is 8.40. The predicted octanol–water partition coefficient (Wildman–Crippen LogP) is 4.00. The Balaban J connectivity index is 1.24. The highest BCUT2D eigenvalue weighted by Crippen LogP contribution is 2.47. The number of carbonyl (C=O) groups is 1. The van der Waals surface area contributed by atoms with Gasteiger partial charge in [-0.1, -0.05) is 36.8 Å². The number of fused-ring (bicyclic) bond motifs is 4. The van der Waals surface area contributed by atoms with Crippen LogP contribution in [-0.4, -0.2) is 42.3 Å². The van der Waals surface area contributed by atoms with Crippen molar-refractivity contribution in [2.24, 2.45) is 11.8 Å². The maximum atomic E-state index is 12.3. The Morgan fingerprint density at radius 3 is 2.92 bits per heavy atom. The van der Waals surface area contributed by atoms with Gasteiger partial charge >= 0.3 is 6.09 Å². The van der Waals surface area contributed by atoms with Crippen LogP contribution in [0.4, 0.5) is 4.79 Å². The first-order valence-electron chi connectivity index (χ1n) is 10.5. The molecule has 0 radical (unpaired) electrons. The van der Waals surface area contributed by atoms with Gasteiger partial charge in [0.1, 0.15) is 6.10 Å². The summed E-state index contributed by atoms with van der Waals surface area (Å²) in [4.78, 5) is 15.0. The van der Waals surface area contributed by atoms with Crippen LogP contribution in [-0.2, 0) is 11.2 Å². The monoisotopic (exact) mass is 356 g/mol. The van der Waals surface area contributed by atoms with E-state index in [1.807, 2.05) is 6.07 Å². The fraction of sp³-hybridized carbons (Fsp3) is 0.682. The Kier molecular flexibility index (Phi) is 5.49. The average Bonchev–Trinajstić information content (AvgIpc) is 3.04. The van der Waals surface area contributed by atoms with Gasteiger partial charge in [-0.15, -0.1) is 0 Å². The molecule has 26 heavy (non-hydrogen) atoms. The second-order valence-corrected chi connectivity index (χ2v) is 8.40. The summed E-state index contributed by atoms with van der Waals surface area (Å²) < 4.78 is 5.90. The van der Waals surface area contributed by atoms with E-state index in [4.69, 9.17) is 4.74 Å². The lowest BCUT2D eigenvalue weighted by Crippen LogP contribution is -2.54. The van der Waals surface area contributed by atoms with Gasteiger partial charge in [0, 0.05) is 24.5 Å². The first-order chi connectivity index (χ1) is 12.7. The number of aryl methyl sites for hydroxylation is 1. The van der Waals surface area contributed by atoms with Gasteiger partial charge in [-0.2, -0.15) is 0 Å². The molecule has 3 fully saturated rings. The van der Waals surface area contributed by atoms with Crippen molar-refractivity contribution in [3.63, 3.8) is 0 Å². The van der Waals surface area contributed by atoms with E-state index in [1.54, 1.807) is 0 Å². The highest BCUT2D eigenvalue weighted by molar-refractivity contribution is 5.67. The van der Waals surface area contributed by atoms with Crippen molar-refractivity contribution in [1.82, 2.24) is 10.2 Å². The van der Waals surface area contributed by atoms with E-state index in [0.717, 1.165) is 19.3 Å². The number of rotatable bonds is 5. The molecule has 4 rings (SSSR count). The summed E-state index contributed by atoms with van der Waals surface area (Å²) in [6, 6.07) is 11.7. The van der Waals surface area contributed by atoms with Crippen LogP contribution >= 0.6 is 0 Å². The Morgan fingerprint density at radius 1 is 1.23 bits per heavy atom. The zero-order valence-corrected chi connectivity index (χ0v) is 15.9. The van der Waals surface area contributed by atoms with Crippen LogP contribution in [0, 0.1) is 11.8 Å². The van der Waals surface area contributed by atoms with Crippen molar-refractivity contribution in [1.29, 1.82) is 0 Å². The minimum atomic E-state index is -0.217. The van der Waals surface area contributed by atoms with Crippen molar-refractivity contribution >= 4 is 6.09 Å². The Morgan fingerprint density at radius 2 is 2.08 bits per heavy atom. The van der Waals surface area contributed by atoms with Crippen LogP contribution in [0.15, 0.2) is 30.3 Å². The molecule has 2 saturated heterocycles. The third-order valence-electron chi connectivity index (χ3n) is 6.89. The van der Waals surface area contributed by atoms with Gasteiger partial charge in [-0.3, -0.25) is 4.90 Å². The molecular weight excluding hydrogens is 324 g/mol. The van der Waals surface area contributed by atoms with Crippen molar-refractivity contribution in [2.45, 2.75) is 70.1 Å². The van der Waals surface area contributed by atoms with Crippen molar-refractivity contribution in [3.8, 4) is 0 Å². The molecule has 1 amide bonds. The average molecular weight is 357 g/mol. The predicted molar refractivity (Wildman–Crippen MR) is 103 cm³/mol. The third kappa shape index (κ3) is 3.75. The SMILES string of the molecule is C[C@H]1C2CC(OC(=O)NCCCc3ccccc3)C(C2)[C@H]2CCCCN21. The molecule has 1 aliphatic carbocycles. The lowest BCUT2D eigenvalue weighted by Gasteiger charge is -2.47. The van der Waals surface area contributed by atoms with Gasteiger partial charge in [0.25, 0.3) is 0 Å². The summed E-state index contributed by atoms with van der Waals surface area (Å²) in [6.45, 7) is 4.29. The maximum Gasteiger partial charge on any atom is 0.407 e. The lowest BCUT2D eigenvalue weighted by atomic mass is 9.81. The number of hydrogen-bond acceptors (Lipinski definition) is 3. The standard InChI is InChI=1S/C22H32N2O2/c1-16-18-14-19(20-11-5-6-13-24(16)20)21(15-18)26-22(25)23-12-7-10-17-8-3-2-4-9-17/h2-4,8-9,16,18-21H,5-7,10-15H2,1H3,(H,23,25)/t16-,18?,19?,20+,21?/m0/s1. The van der Waals surface area contributed by atoms with E-state index in [-0.39, 0.29) is 12.2 Å². The summed E-state index contributed by atoms with van der Waals surface area (Å²) in [5.74, 6) is 1.25. The zero-order valence-electron chi connectivity index (χ0n) is 15.9. The summed E-state index contributed by atoms with van der Waals surface area (Å²) in [5.41, 5.74) is 1.32. The van der Waals surface area contributed by atoms with E-state index < -0.39 is 0 Å². The number of piperidine rings is 2. The van der Waals surface area contributed by atoms with Crippen molar-refractivity contribution in [3.05, 3.63) is 35.9 Å². The number of nitrogens with one attached hydrogen (secondary N) is 1. The van der Waals surface area contributed by atoms with Gasteiger partial charge in [0.05, 0.1) is 0 Å². The molecule has 3 unspecified atom stereocenters. The van der Waals surface area contributed by atoms with Crippen LogP contribution < -0.4 is 5.32 Å². The van der Waals surface area contributed by atoms with E-state index in [1.165, 1.54) is 37.8 Å². The lowest BCUT2D eigenvalue weighted by molar-refractivity contribution is -0.0104. The molecule has 0 aromatic heterocycles. The normalized spacial score (nSPS) is 33.5.